The van der Waals surface area contributed by atoms with Crippen molar-refractivity contribution in [2.24, 2.45) is 5.92 Å². The van der Waals surface area contributed by atoms with Gasteiger partial charge in [-0.2, -0.15) is 0 Å². The Labute approximate surface area is 186 Å². The molecule has 3 aliphatic rings. The van der Waals surface area contributed by atoms with Crippen LogP contribution in [0.15, 0.2) is 18.2 Å². The van der Waals surface area contributed by atoms with Gasteiger partial charge in [0.05, 0.1) is 12.6 Å². The maximum absolute atomic E-state index is 13.2. The largest absolute Gasteiger partial charge is 0.469 e. The van der Waals surface area contributed by atoms with E-state index in [-0.39, 0.29) is 17.5 Å². The number of benzene rings is 1. The van der Waals surface area contributed by atoms with Crippen molar-refractivity contribution < 1.29 is 14.3 Å². The molecule has 0 bridgehead atoms. The summed E-state index contributed by atoms with van der Waals surface area (Å²) in [5, 5.41) is 3.13. The maximum atomic E-state index is 13.2. The van der Waals surface area contributed by atoms with Crippen LogP contribution in [0.4, 0.5) is 10.5 Å². The molecule has 6 nitrogen and oxygen atoms in total. The van der Waals surface area contributed by atoms with E-state index in [9.17, 15) is 9.59 Å². The summed E-state index contributed by atoms with van der Waals surface area (Å²) in [6.07, 6.45) is 8.95. The van der Waals surface area contributed by atoms with Gasteiger partial charge in [-0.05, 0) is 67.8 Å². The van der Waals surface area contributed by atoms with Gasteiger partial charge in [0.1, 0.15) is 0 Å². The van der Waals surface area contributed by atoms with E-state index in [0.717, 1.165) is 51.0 Å². The van der Waals surface area contributed by atoms with Gasteiger partial charge in [0, 0.05) is 31.7 Å². The van der Waals surface area contributed by atoms with E-state index in [4.69, 9.17) is 4.74 Å². The third-order valence-electron chi connectivity index (χ3n) is 7.84. The second-order valence-electron chi connectivity index (χ2n) is 9.40. The molecule has 1 aliphatic carbocycles. The van der Waals surface area contributed by atoms with Gasteiger partial charge in [-0.25, -0.2) is 4.79 Å². The first-order valence-electron chi connectivity index (χ1n) is 12.1. The van der Waals surface area contributed by atoms with E-state index in [2.05, 4.69) is 35.3 Å². The molecule has 1 saturated heterocycles. The third-order valence-corrected chi connectivity index (χ3v) is 7.84. The van der Waals surface area contributed by atoms with Crippen molar-refractivity contribution in [3.8, 4) is 0 Å². The molecule has 1 aromatic rings. The van der Waals surface area contributed by atoms with Crippen LogP contribution in [0.25, 0.3) is 0 Å². The number of urea groups is 1. The second kappa shape index (κ2) is 9.60. The van der Waals surface area contributed by atoms with Crippen LogP contribution in [0.3, 0.4) is 0 Å². The molecule has 2 fully saturated rings. The number of nitrogens with zero attached hydrogens (tertiary/aromatic N) is 2. The van der Waals surface area contributed by atoms with Crippen molar-refractivity contribution in [2.75, 3.05) is 38.2 Å². The molecule has 6 heteroatoms. The van der Waals surface area contributed by atoms with Crippen LogP contribution in [0.1, 0.15) is 63.0 Å². The average Bonchev–Trinajstić information content (AvgIpc) is 3.01. The number of carbonyl (C=O) groups is 2. The predicted octanol–water partition coefficient (Wildman–Crippen LogP) is 3.91. The summed E-state index contributed by atoms with van der Waals surface area (Å²) >= 11 is 0. The molecule has 1 atom stereocenters. The Morgan fingerprint density at radius 2 is 1.90 bits per heavy atom. The maximum Gasteiger partial charge on any atom is 0.322 e. The minimum atomic E-state index is -0.361. The van der Waals surface area contributed by atoms with Gasteiger partial charge in [-0.3, -0.25) is 9.69 Å². The van der Waals surface area contributed by atoms with Gasteiger partial charge in [0.2, 0.25) is 0 Å². The summed E-state index contributed by atoms with van der Waals surface area (Å²) < 4.78 is 4.95. The van der Waals surface area contributed by atoms with Gasteiger partial charge in [-0.15, -0.1) is 0 Å². The van der Waals surface area contributed by atoms with E-state index < -0.39 is 0 Å². The zero-order chi connectivity index (χ0) is 21.8. The Kier molecular flexibility index (Phi) is 6.85. The number of ether oxygens (including phenoxy) is 1. The monoisotopic (exact) mass is 427 g/mol. The highest BCUT2D eigenvalue weighted by Gasteiger charge is 2.51. The summed E-state index contributed by atoms with van der Waals surface area (Å²) in [5.74, 6) is 0.204. The number of carbonyl (C=O) groups excluding carboxylic acids is 2. The van der Waals surface area contributed by atoms with Crippen molar-refractivity contribution in [1.82, 2.24) is 10.2 Å². The predicted molar refractivity (Wildman–Crippen MR) is 122 cm³/mol. The highest BCUT2D eigenvalue weighted by Crippen LogP contribution is 2.44. The van der Waals surface area contributed by atoms with Crippen LogP contribution in [0, 0.1) is 5.92 Å². The molecular formula is C25H37N3O3. The molecule has 4 rings (SSSR count). The molecule has 2 heterocycles. The van der Waals surface area contributed by atoms with Crippen LogP contribution < -0.4 is 10.2 Å². The molecule has 1 unspecified atom stereocenters. The van der Waals surface area contributed by atoms with Crippen LogP contribution in [0.2, 0.25) is 0 Å². The number of amides is 2. The Balaban J connectivity index is 1.67. The molecule has 1 saturated carbocycles. The van der Waals surface area contributed by atoms with E-state index in [0.29, 0.717) is 25.3 Å². The first kappa shape index (κ1) is 22.1. The third kappa shape index (κ3) is 4.45. The minimum Gasteiger partial charge on any atom is -0.469 e. The summed E-state index contributed by atoms with van der Waals surface area (Å²) in [7, 11) is 1.44. The molecule has 31 heavy (non-hydrogen) atoms. The number of fused-ring (bicyclic) bond motifs is 1. The Morgan fingerprint density at radius 1 is 1.16 bits per heavy atom. The lowest BCUT2D eigenvalue weighted by Gasteiger charge is -2.45. The molecule has 0 radical (unpaired) electrons. The summed E-state index contributed by atoms with van der Waals surface area (Å²) in [5.41, 5.74) is 3.38. The fourth-order valence-electron chi connectivity index (χ4n) is 5.97. The number of hydrogen-bond donors (Lipinski definition) is 1. The smallest absolute Gasteiger partial charge is 0.322 e. The average molecular weight is 428 g/mol. The molecule has 170 valence electrons. The quantitative estimate of drug-likeness (QED) is 0.700. The van der Waals surface area contributed by atoms with Crippen molar-refractivity contribution in [2.45, 2.75) is 70.3 Å². The minimum absolute atomic E-state index is 0.0285. The van der Waals surface area contributed by atoms with Crippen molar-refractivity contribution >= 4 is 17.7 Å². The lowest BCUT2D eigenvalue weighted by molar-refractivity contribution is -0.141. The highest BCUT2D eigenvalue weighted by atomic mass is 16.5. The Morgan fingerprint density at radius 3 is 2.61 bits per heavy atom. The van der Waals surface area contributed by atoms with E-state index in [1.54, 1.807) is 0 Å². The van der Waals surface area contributed by atoms with Crippen LogP contribution in [-0.4, -0.2) is 55.7 Å². The molecule has 2 aliphatic heterocycles. The molecule has 1 N–H and O–H groups in total. The first-order chi connectivity index (χ1) is 15.1. The van der Waals surface area contributed by atoms with Crippen LogP contribution in [0.5, 0.6) is 0 Å². The Hall–Kier alpha value is -2.08. The standard InChI is InChI=1S/C25H37N3O3/c1-3-27-15-12-19-9-10-22(17-20(19)13-16-27)28-24(30)26-18-25(28,14-11-23(29)31-2)21-7-5-4-6-8-21/h9-10,17,21H,3-8,11-16,18H2,1-2H3,(H,26,30). The zero-order valence-electron chi connectivity index (χ0n) is 19.1. The topological polar surface area (TPSA) is 61.9 Å². The number of hydrogen-bond acceptors (Lipinski definition) is 4. The van der Waals surface area contributed by atoms with Gasteiger partial charge >= 0.3 is 12.0 Å². The van der Waals surface area contributed by atoms with Gasteiger partial charge in [-0.1, -0.05) is 32.3 Å². The second-order valence-corrected chi connectivity index (χ2v) is 9.40. The fourth-order valence-corrected chi connectivity index (χ4v) is 5.97. The van der Waals surface area contributed by atoms with Gasteiger partial charge in [0.15, 0.2) is 0 Å². The SMILES string of the molecule is CCN1CCc2ccc(N3C(=O)NCC3(CCC(=O)OC)C3CCCCC3)cc2CC1. The summed E-state index contributed by atoms with van der Waals surface area (Å²) in [6, 6.07) is 6.57. The summed E-state index contributed by atoms with van der Waals surface area (Å²) in [4.78, 5) is 29.7. The number of nitrogens with one attached hydrogen (secondary N) is 1. The summed E-state index contributed by atoms with van der Waals surface area (Å²) in [6.45, 7) is 6.06. The Bertz CT molecular complexity index is 805. The van der Waals surface area contributed by atoms with Crippen molar-refractivity contribution in [1.29, 1.82) is 0 Å². The number of likely N-dealkylation sites (N-methyl/N-ethyl adjacent to an activating group) is 1. The molecule has 0 spiro atoms. The zero-order valence-corrected chi connectivity index (χ0v) is 19.1. The highest BCUT2D eigenvalue weighted by molar-refractivity contribution is 5.96. The number of anilines is 1. The van der Waals surface area contributed by atoms with E-state index in [1.807, 2.05) is 4.90 Å². The number of methoxy groups -OCH3 is 1. The normalized spacial score (nSPS) is 25.1. The van der Waals surface area contributed by atoms with Gasteiger partial charge < -0.3 is 15.0 Å². The van der Waals surface area contributed by atoms with Crippen LogP contribution in [-0.2, 0) is 22.4 Å². The van der Waals surface area contributed by atoms with E-state index >= 15 is 0 Å². The van der Waals surface area contributed by atoms with E-state index in [1.165, 1.54) is 37.5 Å². The molecule has 0 aromatic heterocycles. The van der Waals surface area contributed by atoms with Crippen molar-refractivity contribution in [3.05, 3.63) is 29.3 Å². The lowest BCUT2D eigenvalue weighted by atomic mass is 9.71. The number of esters is 1. The van der Waals surface area contributed by atoms with Crippen LogP contribution >= 0.6 is 0 Å². The fraction of sp³-hybridized carbons (Fsp3) is 0.680. The number of rotatable bonds is 6. The lowest BCUT2D eigenvalue weighted by Crippen LogP contribution is -2.54. The molecule has 2 amide bonds. The molecule has 1 aromatic carbocycles. The first-order valence-corrected chi connectivity index (χ1v) is 12.1. The molecular weight excluding hydrogens is 390 g/mol. The van der Waals surface area contributed by atoms with Crippen molar-refractivity contribution in [3.63, 3.8) is 0 Å². The van der Waals surface area contributed by atoms with Gasteiger partial charge in [0.25, 0.3) is 0 Å².